The summed E-state index contributed by atoms with van der Waals surface area (Å²) in [7, 11) is 0. The monoisotopic (exact) mass is 403 g/mol. The Morgan fingerprint density at radius 2 is 1.35 bits per heavy atom. The van der Waals surface area contributed by atoms with Crippen molar-refractivity contribution in [3.63, 3.8) is 0 Å². The van der Waals surface area contributed by atoms with Gasteiger partial charge in [-0.15, -0.1) is 0 Å². The van der Waals surface area contributed by atoms with Crippen LogP contribution >= 0.6 is 15.9 Å². The molecular weight excluding hydrogens is 386 g/mol. The molecular formula is C23H18BrNO. The Morgan fingerprint density at radius 1 is 0.808 bits per heavy atom. The summed E-state index contributed by atoms with van der Waals surface area (Å²) < 4.78 is 1.01. The van der Waals surface area contributed by atoms with Gasteiger partial charge in [0.1, 0.15) is 0 Å². The largest absolute Gasteiger partial charge is 0.326 e. The minimum Gasteiger partial charge on any atom is -0.326 e. The summed E-state index contributed by atoms with van der Waals surface area (Å²) in [6, 6.07) is 25.0. The van der Waals surface area contributed by atoms with Gasteiger partial charge < -0.3 is 5.32 Å². The molecule has 0 saturated carbocycles. The van der Waals surface area contributed by atoms with Crippen molar-refractivity contribution in [2.24, 2.45) is 5.92 Å². The molecule has 0 unspecified atom stereocenters. The first-order valence-corrected chi connectivity index (χ1v) is 9.76. The molecule has 0 heterocycles. The zero-order chi connectivity index (χ0) is 17.7. The summed E-state index contributed by atoms with van der Waals surface area (Å²) >= 11 is 3.44. The number of carbonyl (C=O) groups is 1. The van der Waals surface area contributed by atoms with Crippen LogP contribution in [0.4, 0.5) is 5.69 Å². The predicted octanol–water partition coefficient (Wildman–Crippen LogP) is 5.68. The molecule has 6 rings (SSSR count). The van der Waals surface area contributed by atoms with Gasteiger partial charge in [0.2, 0.25) is 5.91 Å². The third kappa shape index (κ3) is 2.42. The Morgan fingerprint density at radius 3 is 1.92 bits per heavy atom. The highest BCUT2D eigenvalue weighted by Crippen LogP contribution is 2.55. The molecule has 0 saturated heterocycles. The number of nitrogens with one attached hydrogen (secondary N) is 1. The minimum atomic E-state index is -0.0338. The van der Waals surface area contributed by atoms with Crippen LogP contribution in [0.25, 0.3) is 0 Å². The summed E-state index contributed by atoms with van der Waals surface area (Å²) in [4.78, 5) is 13.1. The first-order valence-electron chi connectivity index (χ1n) is 8.96. The lowest BCUT2D eigenvalue weighted by atomic mass is 9.59. The normalized spacial score (nSPS) is 22.4. The SMILES string of the molecule is O=C(Nc1ccc(Br)cc1)[C@H]1CC2c3ccccc3C1c1ccccc12. The number of halogens is 1. The second-order valence-corrected chi connectivity index (χ2v) is 8.04. The molecule has 3 aliphatic carbocycles. The molecule has 1 amide bonds. The second kappa shape index (κ2) is 6.10. The molecule has 26 heavy (non-hydrogen) atoms. The van der Waals surface area contributed by atoms with Crippen LogP contribution in [0.2, 0.25) is 0 Å². The fraction of sp³-hybridized carbons (Fsp3) is 0.174. The standard InChI is InChI=1S/C23H18BrNO/c24-14-9-11-15(12-10-14)25-23(26)21-13-20-16-5-1-3-7-18(16)22(21)19-8-4-2-6-17(19)20/h1-12,20-22H,13H2,(H,25,26)/t20?,21-,22?/m0/s1. The fourth-order valence-corrected chi connectivity index (χ4v) is 4.93. The molecule has 3 aliphatic rings. The van der Waals surface area contributed by atoms with Gasteiger partial charge in [0.15, 0.2) is 0 Å². The van der Waals surface area contributed by atoms with Gasteiger partial charge in [0, 0.05) is 22.0 Å². The number of anilines is 1. The van der Waals surface area contributed by atoms with E-state index in [9.17, 15) is 4.79 Å². The Bertz CT molecular complexity index is 948. The summed E-state index contributed by atoms with van der Waals surface area (Å²) in [6.45, 7) is 0. The van der Waals surface area contributed by atoms with Crippen LogP contribution in [0, 0.1) is 5.92 Å². The van der Waals surface area contributed by atoms with Gasteiger partial charge in [-0.2, -0.15) is 0 Å². The Balaban J connectivity index is 1.54. The van der Waals surface area contributed by atoms with Gasteiger partial charge in [-0.05, 0) is 52.9 Å². The molecule has 3 heteroatoms. The van der Waals surface area contributed by atoms with Crippen molar-refractivity contribution in [3.8, 4) is 0 Å². The van der Waals surface area contributed by atoms with E-state index < -0.39 is 0 Å². The van der Waals surface area contributed by atoms with E-state index in [2.05, 4.69) is 69.8 Å². The van der Waals surface area contributed by atoms with Crippen LogP contribution in [-0.2, 0) is 4.79 Å². The minimum absolute atomic E-state index is 0.0338. The van der Waals surface area contributed by atoms with E-state index in [1.54, 1.807) is 0 Å². The lowest BCUT2D eigenvalue weighted by molar-refractivity contribution is -0.121. The number of fused-ring (bicyclic) bond motifs is 1. The van der Waals surface area contributed by atoms with Gasteiger partial charge in [0.05, 0.1) is 5.92 Å². The Hall–Kier alpha value is -2.39. The number of benzene rings is 3. The molecule has 1 atom stereocenters. The van der Waals surface area contributed by atoms with E-state index in [4.69, 9.17) is 0 Å². The van der Waals surface area contributed by atoms with Gasteiger partial charge >= 0.3 is 0 Å². The molecule has 0 radical (unpaired) electrons. The molecule has 2 bridgehead atoms. The molecule has 3 aromatic rings. The highest BCUT2D eigenvalue weighted by atomic mass is 79.9. The highest BCUT2D eigenvalue weighted by Gasteiger charge is 2.45. The lowest BCUT2D eigenvalue weighted by Crippen LogP contribution is -2.38. The Labute approximate surface area is 161 Å². The average molecular weight is 404 g/mol. The summed E-state index contributed by atoms with van der Waals surface area (Å²) in [6.07, 6.45) is 0.876. The number of hydrogen-bond acceptors (Lipinski definition) is 1. The molecule has 0 fully saturated rings. The maximum Gasteiger partial charge on any atom is 0.228 e. The highest BCUT2D eigenvalue weighted by molar-refractivity contribution is 9.10. The number of hydrogen-bond donors (Lipinski definition) is 1. The van der Waals surface area contributed by atoms with E-state index in [1.807, 2.05) is 24.3 Å². The second-order valence-electron chi connectivity index (χ2n) is 7.13. The van der Waals surface area contributed by atoms with Gasteiger partial charge in [-0.3, -0.25) is 4.79 Å². The first kappa shape index (κ1) is 15.8. The smallest absolute Gasteiger partial charge is 0.228 e. The predicted molar refractivity (Wildman–Crippen MR) is 107 cm³/mol. The number of carbonyl (C=O) groups excluding carboxylic acids is 1. The van der Waals surface area contributed by atoms with E-state index in [0.717, 1.165) is 16.6 Å². The molecule has 0 spiro atoms. The molecule has 0 aromatic heterocycles. The average Bonchev–Trinajstić information content (AvgIpc) is 2.69. The Kier molecular flexibility index (Phi) is 3.71. The maximum absolute atomic E-state index is 13.1. The third-order valence-corrected chi connectivity index (χ3v) is 6.28. The van der Waals surface area contributed by atoms with Crippen LogP contribution in [0.15, 0.2) is 77.3 Å². The van der Waals surface area contributed by atoms with Crippen molar-refractivity contribution in [2.75, 3.05) is 5.32 Å². The van der Waals surface area contributed by atoms with E-state index in [0.29, 0.717) is 5.92 Å². The molecule has 2 nitrogen and oxygen atoms in total. The van der Waals surface area contributed by atoms with Crippen molar-refractivity contribution < 1.29 is 4.79 Å². The number of amides is 1. The van der Waals surface area contributed by atoms with Crippen molar-refractivity contribution >= 4 is 27.5 Å². The van der Waals surface area contributed by atoms with Gasteiger partial charge in [0.25, 0.3) is 0 Å². The summed E-state index contributed by atoms with van der Waals surface area (Å²) in [5.41, 5.74) is 6.27. The summed E-state index contributed by atoms with van der Waals surface area (Å²) in [5, 5.41) is 3.13. The van der Waals surface area contributed by atoms with Crippen LogP contribution in [0.3, 0.4) is 0 Å². The quantitative estimate of drug-likeness (QED) is 0.585. The van der Waals surface area contributed by atoms with E-state index >= 15 is 0 Å². The van der Waals surface area contributed by atoms with Crippen molar-refractivity contribution in [2.45, 2.75) is 18.3 Å². The van der Waals surface area contributed by atoms with Gasteiger partial charge in [-0.1, -0.05) is 64.5 Å². The summed E-state index contributed by atoms with van der Waals surface area (Å²) in [5.74, 6) is 0.538. The lowest BCUT2D eigenvalue weighted by Gasteiger charge is -2.44. The van der Waals surface area contributed by atoms with Gasteiger partial charge in [-0.25, -0.2) is 0 Å². The van der Waals surface area contributed by atoms with Crippen LogP contribution in [-0.4, -0.2) is 5.91 Å². The van der Waals surface area contributed by atoms with Crippen LogP contribution in [0.5, 0.6) is 0 Å². The zero-order valence-electron chi connectivity index (χ0n) is 14.2. The first-order chi connectivity index (χ1) is 12.7. The molecule has 1 N–H and O–H groups in total. The van der Waals surface area contributed by atoms with E-state index in [-0.39, 0.29) is 17.7 Å². The van der Waals surface area contributed by atoms with Crippen molar-refractivity contribution in [3.05, 3.63) is 99.5 Å². The van der Waals surface area contributed by atoms with Crippen LogP contribution in [0.1, 0.15) is 40.5 Å². The van der Waals surface area contributed by atoms with Crippen molar-refractivity contribution in [1.82, 2.24) is 0 Å². The van der Waals surface area contributed by atoms with Crippen LogP contribution < -0.4 is 5.32 Å². The molecule has 3 aromatic carbocycles. The third-order valence-electron chi connectivity index (χ3n) is 5.75. The van der Waals surface area contributed by atoms with E-state index in [1.165, 1.54) is 22.3 Å². The fourth-order valence-electron chi connectivity index (χ4n) is 4.66. The van der Waals surface area contributed by atoms with Crippen molar-refractivity contribution in [1.29, 1.82) is 0 Å². The topological polar surface area (TPSA) is 29.1 Å². The number of rotatable bonds is 2. The molecule has 128 valence electrons. The molecule has 0 aliphatic heterocycles. The zero-order valence-corrected chi connectivity index (χ0v) is 15.7. The maximum atomic E-state index is 13.1.